The Labute approximate surface area is 113 Å². The first-order valence-corrected chi connectivity index (χ1v) is 6.94. The zero-order chi connectivity index (χ0) is 13.6. The average Bonchev–Trinajstić information content (AvgIpc) is 2.90. The maximum Gasteiger partial charge on any atom is 0.166 e. The Morgan fingerprint density at radius 1 is 1.11 bits per heavy atom. The van der Waals surface area contributed by atoms with Crippen LogP contribution in [-0.4, -0.2) is 20.0 Å². The molecule has 0 aliphatic heterocycles. The fourth-order valence-corrected chi connectivity index (χ4v) is 3.64. The molecule has 19 heavy (non-hydrogen) atoms. The Morgan fingerprint density at radius 2 is 1.68 bits per heavy atom. The molecule has 0 N–H and O–H groups in total. The fourth-order valence-electron chi connectivity index (χ4n) is 3.64. The highest BCUT2D eigenvalue weighted by Gasteiger charge is 2.56. The number of aryl methyl sites for hydroxylation is 1. The highest BCUT2D eigenvalue weighted by atomic mass is 16.5. The zero-order valence-corrected chi connectivity index (χ0v) is 11.7. The molecule has 2 unspecified atom stereocenters. The molecule has 0 radical (unpaired) electrons. The molecule has 0 saturated heterocycles. The number of fused-ring (bicyclic) bond motifs is 1. The van der Waals surface area contributed by atoms with Crippen LogP contribution >= 0.6 is 0 Å². The number of methoxy groups -OCH3 is 2. The fraction of sp³-hybridized carbons (Fsp3) is 0.562. The number of carbonyl (C=O) groups excluding carboxylic acids is 1. The maximum absolute atomic E-state index is 12.6. The van der Waals surface area contributed by atoms with E-state index in [2.05, 4.69) is 0 Å². The molecule has 1 aromatic rings. The van der Waals surface area contributed by atoms with Crippen molar-refractivity contribution in [2.24, 2.45) is 17.8 Å². The number of hydrogen-bond donors (Lipinski definition) is 0. The van der Waals surface area contributed by atoms with E-state index in [4.69, 9.17) is 9.47 Å². The Hall–Kier alpha value is -1.51. The van der Waals surface area contributed by atoms with Crippen LogP contribution in [0.3, 0.4) is 0 Å². The molecule has 0 aromatic heterocycles. The predicted molar refractivity (Wildman–Crippen MR) is 72.9 cm³/mol. The van der Waals surface area contributed by atoms with Crippen LogP contribution in [0.25, 0.3) is 0 Å². The summed E-state index contributed by atoms with van der Waals surface area (Å²) in [6, 6.07) is 3.73. The quantitative estimate of drug-likeness (QED) is 0.780. The first-order chi connectivity index (χ1) is 9.17. The summed E-state index contributed by atoms with van der Waals surface area (Å²) in [5.41, 5.74) is 1.78. The number of hydrogen-bond acceptors (Lipinski definition) is 3. The average molecular weight is 260 g/mol. The van der Waals surface area contributed by atoms with Crippen molar-refractivity contribution in [1.82, 2.24) is 0 Å². The van der Waals surface area contributed by atoms with Crippen LogP contribution in [0.4, 0.5) is 0 Å². The topological polar surface area (TPSA) is 35.5 Å². The SMILES string of the molecule is COc1cc(C)c(C(=O)C2C3CCCC32)cc1OC. The van der Waals surface area contributed by atoms with Gasteiger partial charge in [0, 0.05) is 11.5 Å². The summed E-state index contributed by atoms with van der Waals surface area (Å²) < 4.78 is 10.6. The summed E-state index contributed by atoms with van der Waals surface area (Å²) in [5.74, 6) is 3.20. The molecule has 0 heterocycles. The van der Waals surface area contributed by atoms with Gasteiger partial charge in [-0.05, 0) is 49.3 Å². The first-order valence-electron chi connectivity index (χ1n) is 6.94. The molecular formula is C16H20O3. The molecule has 3 heteroatoms. The lowest BCUT2D eigenvalue weighted by Crippen LogP contribution is -2.09. The summed E-state index contributed by atoms with van der Waals surface area (Å²) >= 11 is 0. The molecule has 3 nitrogen and oxygen atoms in total. The van der Waals surface area contributed by atoms with E-state index in [1.807, 2.05) is 19.1 Å². The zero-order valence-electron chi connectivity index (χ0n) is 11.7. The summed E-state index contributed by atoms with van der Waals surface area (Å²) in [7, 11) is 3.22. The van der Waals surface area contributed by atoms with Crippen LogP contribution in [0.15, 0.2) is 12.1 Å². The number of ketones is 1. The van der Waals surface area contributed by atoms with Gasteiger partial charge in [-0.3, -0.25) is 4.79 Å². The second kappa shape index (κ2) is 4.55. The van der Waals surface area contributed by atoms with E-state index in [0.717, 1.165) is 11.1 Å². The maximum atomic E-state index is 12.6. The number of benzene rings is 1. The van der Waals surface area contributed by atoms with Gasteiger partial charge in [-0.25, -0.2) is 0 Å². The molecule has 102 valence electrons. The second-order valence-electron chi connectivity index (χ2n) is 5.67. The monoisotopic (exact) mass is 260 g/mol. The van der Waals surface area contributed by atoms with Gasteiger partial charge >= 0.3 is 0 Å². The Kier molecular flexibility index (Phi) is 3.00. The third-order valence-corrected chi connectivity index (χ3v) is 4.71. The van der Waals surface area contributed by atoms with E-state index in [1.54, 1.807) is 14.2 Å². The lowest BCUT2D eigenvalue weighted by Gasteiger charge is -2.12. The highest BCUT2D eigenvalue weighted by Crippen LogP contribution is 2.58. The minimum absolute atomic E-state index is 0.269. The number of Topliss-reactive ketones (excluding diaryl/α,β-unsaturated/α-hetero) is 1. The first kappa shape index (κ1) is 12.5. The molecule has 2 aliphatic rings. The van der Waals surface area contributed by atoms with E-state index < -0.39 is 0 Å². The number of ether oxygens (including phenoxy) is 2. The van der Waals surface area contributed by atoms with E-state index in [0.29, 0.717) is 29.1 Å². The standard InChI is InChI=1S/C16H20O3/c1-9-7-13(18-2)14(19-3)8-12(9)16(17)15-10-5-4-6-11(10)15/h7-8,10-11,15H,4-6H2,1-3H3. The smallest absolute Gasteiger partial charge is 0.166 e. The summed E-state index contributed by atoms with van der Waals surface area (Å²) in [6.45, 7) is 1.97. The van der Waals surface area contributed by atoms with Gasteiger partial charge < -0.3 is 9.47 Å². The van der Waals surface area contributed by atoms with Gasteiger partial charge in [0.15, 0.2) is 17.3 Å². The van der Waals surface area contributed by atoms with Gasteiger partial charge in [-0.1, -0.05) is 6.42 Å². The van der Waals surface area contributed by atoms with E-state index in [9.17, 15) is 4.79 Å². The Bertz CT molecular complexity index is 511. The van der Waals surface area contributed by atoms with Gasteiger partial charge in [0.1, 0.15) is 0 Å². The molecular weight excluding hydrogens is 240 g/mol. The molecule has 2 atom stereocenters. The van der Waals surface area contributed by atoms with Crippen LogP contribution in [0.2, 0.25) is 0 Å². The van der Waals surface area contributed by atoms with Gasteiger partial charge in [0.05, 0.1) is 14.2 Å². The van der Waals surface area contributed by atoms with Crippen LogP contribution in [0, 0.1) is 24.7 Å². The van der Waals surface area contributed by atoms with E-state index >= 15 is 0 Å². The van der Waals surface area contributed by atoms with E-state index in [-0.39, 0.29) is 5.92 Å². The van der Waals surface area contributed by atoms with Gasteiger partial charge in [0.25, 0.3) is 0 Å². The van der Waals surface area contributed by atoms with Crippen molar-refractivity contribution in [2.75, 3.05) is 14.2 Å². The number of carbonyl (C=O) groups is 1. The lowest BCUT2D eigenvalue weighted by molar-refractivity contribution is 0.0950. The van der Waals surface area contributed by atoms with Crippen molar-refractivity contribution in [3.05, 3.63) is 23.3 Å². The minimum atomic E-state index is 0.269. The molecule has 2 aliphatic carbocycles. The predicted octanol–water partition coefficient (Wildman–Crippen LogP) is 3.24. The number of rotatable bonds is 4. The lowest BCUT2D eigenvalue weighted by atomic mass is 9.97. The van der Waals surface area contributed by atoms with Crippen LogP contribution in [0.5, 0.6) is 11.5 Å². The molecule has 3 rings (SSSR count). The normalized spacial score (nSPS) is 27.8. The molecule has 0 spiro atoms. The molecule has 0 bridgehead atoms. The van der Waals surface area contributed by atoms with Crippen molar-refractivity contribution >= 4 is 5.78 Å². The third kappa shape index (κ3) is 1.92. The highest BCUT2D eigenvalue weighted by molar-refractivity contribution is 6.02. The van der Waals surface area contributed by atoms with E-state index in [1.165, 1.54) is 19.3 Å². The van der Waals surface area contributed by atoms with Crippen molar-refractivity contribution in [1.29, 1.82) is 0 Å². The van der Waals surface area contributed by atoms with Gasteiger partial charge in [0.2, 0.25) is 0 Å². The minimum Gasteiger partial charge on any atom is -0.493 e. The van der Waals surface area contributed by atoms with Gasteiger partial charge in [-0.15, -0.1) is 0 Å². The largest absolute Gasteiger partial charge is 0.493 e. The molecule has 0 amide bonds. The van der Waals surface area contributed by atoms with Crippen LogP contribution in [-0.2, 0) is 0 Å². The summed E-state index contributed by atoms with van der Waals surface area (Å²) in [4.78, 5) is 12.6. The van der Waals surface area contributed by atoms with Crippen molar-refractivity contribution < 1.29 is 14.3 Å². The Morgan fingerprint density at radius 3 is 2.26 bits per heavy atom. The van der Waals surface area contributed by atoms with Crippen molar-refractivity contribution in [2.45, 2.75) is 26.2 Å². The Balaban J connectivity index is 1.90. The molecule has 1 aromatic carbocycles. The van der Waals surface area contributed by atoms with Gasteiger partial charge in [-0.2, -0.15) is 0 Å². The van der Waals surface area contributed by atoms with Crippen LogP contribution < -0.4 is 9.47 Å². The molecule has 2 saturated carbocycles. The third-order valence-electron chi connectivity index (χ3n) is 4.71. The van der Waals surface area contributed by atoms with Crippen molar-refractivity contribution in [3.8, 4) is 11.5 Å². The summed E-state index contributed by atoms with van der Waals surface area (Å²) in [5, 5.41) is 0. The summed E-state index contributed by atoms with van der Waals surface area (Å²) in [6.07, 6.45) is 3.75. The van der Waals surface area contributed by atoms with Crippen molar-refractivity contribution in [3.63, 3.8) is 0 Å². The molecule has 2 fully saturated rings. The van der Waals surface area contributed by atoms with Crippen LogP contribution in [0.1, 0.15) is 35.2 Å². The second-order valence-corrected chi connectivity index (χ2v) is 5.67.